The highest BCUT2D eigenvalue weighted by Gasteiger charge is 2.22. The first-order valence-electron chi connectivity index (χ1n) is 5.99. The standard InChI is InChI=1S/C11H13N5O5/c1-11(2,3)9-12-7(14-21-9)5-15-4-6(16(19)20)8(17)13-10(15)18/h4H,5H2,1-3H3,(H,13,17,18). The zero-order valence-corrected chi connectivity index (χ0v) is 11.6. The van der Waals surface area contributed by atoms with Gasteiger partial charge in [0.25, 0.3) is 0 Å². The molecule has 0 fully saturated rings. The van der Waals surface area contributed by atoms with E-state index in [4.69, 9.17) is 4.52 Å². The molecule has 0 saturated carbocycles. The van der Waals surface area contributed by atoms with Crippen LogP contribution in [0.1, 0.15) is 32.5 Å². The van der Waals surface area contributed by atoms with Crippen molar-refractivity contribution in [3.63, 3.8) is 0 Å². The van der Waals surface area contributed by atoms with Crippen LogP contribution in [-0.4, -0.2) is 24.6 Å². The van der Waals surface area contributed by atoms with Crippen LogP contribution in [0.3, 0.4) is 0 Å². The van der Waals surface area contributed by atoms with Crippen LogP contribution in [0.4, 0.5) is 5.69 Å². The number of H-pyrrole nitrogens is 1. The largest absolute Gasteiger partial charge is 0.350 e. The molecule has 10 nitrogen and oxygen atoms in total. The molecule has 0 unspecified atom stereocenters. The summed E-state index contributed by atoms with van der Waals surface area (Å²) in [5.74, 6) is 0.563. The molecular formula is C11H13N5O5. The predicted molar refractivity (Wildman–Crippen MR) is 70.1 cm³/mol. The Kier molecular flexibility index (Phi) is 3.45. The van der Waals surface area contributed by atoms with Gasteiger partial charge in [0.1, 0.15) is 0 Å². The maximum atomic E-state index is 11.6. The first kappa shape index (κ1) is 14.6. The summed E-state index contributed by atoms with van der Waals surface area (Å²) < 4.78 is 6.00. The van der Waals surface area contributed by atoms with Crippen molar-refractivity contribution in [2.75, 3.05) is 0 Å². The van der Waals surface area contributed by atoms with Crippen molar-refractivity contribution in [3.8, 4) is 0 Å². The molecule has 2 aromatic rings. The smallest absolute Gasteiger partial charge is 0.339 e. The summed E-state index contributed by atoms with van der Waals surface area (Å²) in [6.45, 7) is 5.49. The maximum Gasteiger partial charge on any atom is 0.350 e. The van der Waals surface area contributed by atoms with Crippen molar-refractivity contribution in [2.45, 2.75) is 32.7 Å². The van der Waals surface area contributed by atoms with E-state index in [0.717, 1.165) is 10.8 Å². The fraction of sp³-hybridized carbons (Fsp3) is 0.455. The Bertz CT molecular complexity index is 794. The normalized spacial score (nSPS) is 11.6. The molecule has 0 aliphatic carbocycles. The molecule has 1 N–H and O–H groups in total. The maximum absolute atomic E-state index is 11.6. The number of nitrogens with zero attached hydrogens (tertiary/aromatic N) is 4. The van der Waals surface area contributed by atoms with Crippen molar-refractivity contribution in [1.82, 2.24) is 19.7 Å². The zero-order valence-electron chi connectivity index (χ0n) is 11.6. The van der Waals surface area contributed by atoms with E-state index in [-0.39, 0.29) is 17.8 Å². The minimum atomic E-state index is -1.05. The minimum Gasteiger partial charge on any atom is -0.339 e. The molecular weight excluding hydrogens is 282 g/mol. The molecule has 0 atom stereocenters. The second-order valence-corrected chi connectivity index (χ2v) is 5.42. The van der Waals surface area contributed by atoms with E-state index in [1.807, 2.05) is 25.8 Å². The van der Waals surface area contributed by atoms with E-state index in [1.165, 1.54) is 0 Å². The van der Waals surface area contributed by atoms with Crippen LogP contribution in [0.15, 0.2) is 20.3 Å². The van der Waals surface area contributed by atoms with Gasteiger partial charge in [-0.25, -0.2) is 4.79 Å². The Morgan fingerprint density at radius 2 is 2.10 bits per heavy atom. The Balaban J connectivity index is 2.38. The molecule has 0 spiro atoms. The Labute approximate surface area is 117 Å². The van der Waals surface area contributed by atoms with Crippen molar-refractivity contribution in [2.24, 2.45) is 0 Å². The molecule has 21 heavy (non-hydrogen) atoms. The highest BCUT2D eigenvalue weighted by molar-refractivity contribution is 5.21. The topological polar surface area (TPSA) is 137 Å². The lowest BCUT2D eigenvalue weighted by Crippen LogP contribution is -2.31. The monoisotopic (exact) mass is 295 g/mol. The lowest BCUT2D eigenvalue weighted by Gasteiger charge is -2.10. The van der Waals surface area contributed by atoms with Crippen LogP contribution >= 0.6 is 0 Å². The summed E-state index contributed by atoms with van der Waals surface area (Å²) in [7, 11) is 0. The van der Waals surface area contributed by atoms with E-state index in [2.05, 4.69) is 10.1 Å². The van der Waals surface area contributed by atoms with Crippen molar-refractivity contribution in [1.29, 1.82) is 0 Å². The van der Waals surface area contributed by atoms with Gasteiger partial charge in [-0.2, -0.15) is 4.98 Å². The molecule has 0 saturated heterocycles. The summed E-state index contributed by atoms with van der Waals surface area (Å²) in [5.41, 5.74) is -2.92. The Morgan fingerprint density at radius 3 is 2.62 bits per heavy atom. The molecule has 112 valence electrons. The molecule has 0 amide bonds. The summed E-state index contributed by atoms with van der Waals surface area (Å²) in [4.78, 5) is 38.7. The van der Waals surface area contributed by atoms with Gasteiger partial charge < -0.3 is 4.52 Å². The molecule has 2 heterocycles. The fourth-order valence-corrected chi connectivity index (χ4v) is 1.52. The third kappa shape index (κ3) is 3.04. The Hall–Kier alpha value is -2.78. The number of aromatic amines is 1. The van der Waals surface area contributed by atoms with Crippen molar-refractivity contribution >= 4 is 5.69 Å². The molecule has 10 heteroatoms. The van der Waals surface area contributed by atoms with Crippen LogP contribution in [0.25, 0.3) is 0 Å². The van der Waals surface area contributed by atoms with Gasteiger partial charge in [0.2, 0.25) is 5.89 Å². The Morgan fingerprint density at radius 1 is 1.43 bits per heavy atom. The molecule has 2 aromatic heterocycles. The first-order valence-corrected chi connectivity index (χ1v) is 5.99. The second-order valence-electron chi connectivity index (χ2n) is 5.42. The number of hydrogen-bond donors (Lipinski definition) is 1. The minimum absolute atomic E-state index is 0.143. The van der Waals surface area contributed by atoms with Crippen LogP contribution in [0.2, 0.25) is 0 Å². The zero-order chi connectivity index (χ0) is 15.8. The van der Waals surface area contributed by atoms with Crippen LogP contribution < -0.4 is 11.2 Å². The molecule has 2 rings (SSSR count). The van der Waals surface area contributed by atoms with E-state index in [9.17, 15) is 19.7 Å². The van der Waals surface area contributed by atoms with E-state index in [1.54, 1.807) is 0 Å². The van der Waals surface area contributed by atoms with Crippen LogP contribution in [0, 0.1) is 10.1 Å². The lowest BCUT2D eigenvalue weighted by molar-refractivity contribution is -0.386. The highest BCUT2D eigenvalue weighted by atomic mass is 16.6. The van der Waals surface area contributed by atoms with Crippen LogP contribution in [0.5, 0.6) is 0 Å². The SMILES string of the molecule is CC(C)(C)c1nc(Cn2cc([N+](=O)[O-])c(=O)[nH]c2=O)no1. The van der Waals surface area contributed by atoms with Crippen molar-refractivity contribution < 1.29 is 9.45 Å². The molecule has 0 bridgehead atoms. The summed E-state index contributed by atoms with van der Waals surface area (Å²) in [6, 6.07) is 0. The molecule has 0 radical (unpaired) electrons. The number of aromatic nitrogens is 4. The van der Waals surface area contributed by atoms with E-state index < -0.39 is 21.9 Å². The lowest BCUT2D eigenvalue weighted by atomic mass is 9.97. The third-order valence-corrected chi connectivity index (χ3v) is 2.61. The molecule has 0 aromatic carbocycles. The quantitative estimate of drug-likeness (QED) is 0.629. The van der Waals surface area contributed by atoms with Gasteiger partial charge in [-0.05, 0) is 0 Å². The average Bonchev–Trinajstić information content (AvgIpc) is 2.80. The van der Waals surface area contributed by atoms with Gasteiger partial charge in [-0.15, -0.1) is 0 Å². The number of rotatable bonds is 3. The second kappa shape index (κ2) is 4.96. The average molecular weight is 295 g/mol. The molecule has 0 aliphatic heterocycles. The first-order chi connectivity index (χ1) is 9.68. The van der Waals surface area contributed by atoms with Gasteiger partial charge in [-0.3, -0.25) is 24.5 Å². The van der Waals surface area contributed by atoms with E-state index in [0.29, 0.717) is 5.89 Å². The van der Waals surface area contributed by atoms with Gasteiger partial charge in [0, 0.05) is 5.41 Å². The number of nitrogens with one attached hydrogen (secondary N) is 1. The fourth-order valence-electron chi connectivity index (χ4n) is 1.52. The van der Waals surface area contributed by atoms with Gasteiger partial charge in [-0.1, -0.05) is 25.9 Å². The van der Waals surface area contributed by atoms with Gasteiger partial charge >= 0.3 is 16.9 Å². The molecule has 0 aliphatic rings. The predicted octanol–water partition coefficient (Wildman–Crippen LogP) is 0.174. The summed E-state index contributed by atoms with van der Waals surface area (Å²) in [5, 5.41) is 14.4. The summed E-state index contributed by atoms with van der Waals surface area (Å²) in [6.07, 6.45) is 0.855. The third-order valence-electron chi connectivity index (χ3n) is 2.61. The van der Waals surface area contributed by atoms with Crippen molar-refractivity contribution in [3.05, 3.63) is 48.9 Å². The number of nitro groups is 1. The van der Waals surface area contributed by atoms with E-state index >= 15 is 0 Å². The van der Waals surface area contributed by atoms with Gasteiger partial charge in [0.05, 0.1) is 17.7 Å². The van der Waals surface area contributed by atoms with Gasteiger partial charge in [0.15, 0.2) is 5.82 Å². The number of hydrogen-bond acceptors (Lipinski definition) is 7. The summed E-state index contributed by atoms with van der Waals surface area (Å²) >= 11 is 0. The van der Waals surface area contributed by atoms with Crippen LogP contribution in [-0.2, 0) is 12.0 Å². The highest BCUT2D eigenvalue weighted by Crippen LogP contribution is 2.19.